The van der Waals surface area contributed by atoms with Gasteiger partial charge in [0.05, 0.1) is 0 Å². The zero-order chi connectivity index (χ0) is 21.5. The van der Waals surface area contributed by atoms with Crippen molar-refractivity contribution in [1.82, 2.24) is 9.80 Å². The summed E-state index contributed by atoms with van der Waals surface area (Å²) in [7, 11) is 0. The summed E-state index contributed by atoms with van der Waals surface area (Å²) in [5.74, 6) is 0.0576. The molecule has 1 unspecified atom stereocenters. The summed E-state index contributed by atoms with van der Waals surface area (Å²) in [5, 5.41) is 0. The minimum absolute atomic E-state index is 0.0288. The summed E-state index contributed by atoms with van der Waals surface area (Å²) in [6.07, 6.45) is 15.9. The molecule has 0 aromatic carbocycles. The molecule has 0 radical (unpaired) electrons. The van der Waals surface area contributed by atoms with Crippen molar-refractivity contribution < 1.29 is 9.59 Å². The predicted octanol–water partition coefficient (Wildman–Crippen LogP) is 6.08. The number of likely N-dealkylation sites (tertiary alicyclic amines) is 2. The average Bonchev–Trinajstić information content (AvgIpc) is 2.94. The highest BCUT2D eigenvalue weighted by molar-refractivity contribution is 6.01. The molecule has 4 heteroatoms. The lowest BCUT2D eigenvalue weighted by Gasteiger charge is -2.56. The number of hydrogen-bond acceptors (Lipinski definition) is 3. The molecule has 0 aliphatic carbocycles. The largest absolute Gasteiger partial charge is 0.290 e. The van der Waals surface area contributed by atoms with E-state index in [0.717, 1.165) is 12.8 Å². The molecule has 0 saturated carbocycles. The van der Waals surface area contributed by atoms with Crippen molar-refractivity contribution in [2.24, 2.45) is 0 Å². The number of imide groups is 1. The highest BCUT2D eigenvalue weighted by atomic mass is 16.2. The van der Waals surface area contributed by atoms with E-state index in [4.69, 9.17) is 0 Å². The van der Waals surface area contributed by atoms with Crippen LogP contribution in [0.5, 0.6) is 0 Å². The molecule has 2 amide bonds. The fraction of sp³-hybridized carbons (Fsp3) is 0.920. The highest BCUT2D eigenvalue weighted by Gasteiger charge is 2.44. The van der Waals surface area contributed by atoms with Crippen LogP contribution in [0.2, 0.25) is 0 Å². The standard InChI is InChI=1S/C25H46N2O2/c1-6-7-8-9-10-11-14-21(15-12-20-26-22(28)16-17-23(26)29)27-24(2,3)18-13-19-25(27,4)5/h21H,6-20H2,1-5H3. The molecule has 29 heavy (non-hydrogen) atoms. The van der Waals surface area contributed by atoms with Gasteiger partial charge in [-0.1, -0.05) is 45.4 Å². The molecule has 4 nitrogen and oxygen atoms in total. The number of unbranched alkanes of at least 4 members (excludes halogenated alkanes) is 5. The summed E-state index contributed by atoms with van der Waals surface area (Å²) >= 11 is 0. The summed E-state index contributed by atoms with van der Waals surface area (Å²) in [5.41, 5.74) is 0.432. The number of amides is 2. The lowest BCUT2D eigenvalue weighted by Crippen LogP contribution is -2.62. The van der Waals surface area contributed by atoms with E-state index in [-0.39, 0.29) is 22.9 Å². The molecule has 2 rings (SSSR count). The van der Waals surface area contributed by atoms with Gasteiger partial charge in [0, 0.05) is 36.5 Å². The molecule has 0 spiro atoms. The number of rotatable bonds is 12. The summed E-state index contributed by atoms with van der Waals surface area (Å²) in [6.45, 7) is 12.5. The zero-order valence-electron chi connectivity index (χ0n) is 19.9. The molecule has 0 aromatic rings. The maximum absolute atomic E-state index is 12.0. The minimum atomic E-state index is 0.0288. The van der Waals surface area contributed by atoms with Gasteiger partial charge in [0.15, 0.2) is 0 Å². The highest BCUT2D eigenvalue weighted by Crippen LogP contribution is 2.41. The molecule has 168 valence electrons. The Morgan fingerprint density at radius 3 is 1.90 bits per heavy atom. The summed E-state index contributed by atoms with van der Waals surface area (Å²) in [4.78, 5) is 28.2. The third kappa shape index (κ3) is 6.80. The average molecular weight is 407 g/mol. The Balaban J connectivity index is 1.98. The lowest BCUT2D eigenvalue weighted by atomic mass is 9.77. The van der Waals surface area contributed by atoms with Crippen LogP contribution in [0, 0.1) is 0 Å². The fourth-order valence-electron chi connectivity index (χ4n) is 5.92. The van der Waals surface area contributed by atoms with Gasteiger partial charge in [-0.25, -0.2) is 0 Å². The number of piperidine rings is 1. The zero-order valence-corrected chi connectivity index (χ0v) is 19.9. The van der Waals surface area contributed by atoms with Crippen molar-refractivity contribution in [2.45, 2.75) is 142 Å². The minimum Gasteiger partial charge on any atom is -0.290 e. The van der Waals surface area contributed by atoms with Crippen LogP contribution in [0.4, 0.5) is 0 Å². The molecular formula is C25H46N2O2. The molecule has 2 aliphatic rings. The molecule has 2 fully saturated rings. The van der Waals surface area contributed by atoms with Crippen LogP contribution in [0.3, 0.4) is 0 Å². The van der Waals surface area contributed by atoms with Crippen molar-refractivity contribution in [3.8, 4) is 0 Å². The number of carbonyl (C=O) groups is 2. The molecule has 2 aliphatic heterocycles. The van der Waals surface area contributed by atoms with Gasteiger partial charge in [-0.3, -0.25) is 19.4 Å². The lowest BCUT2D eigenvalue weighted by molar-refractivity contribution is -0.138. The fourth-order valence-corrected chi connectivity index (χ4v) is 5.92. The van der Waals surface area contributed by atoms with Crippen molar-refractivity contribution in [3.63, 3.8) is 0 Å². The second-order valence-corrected chi connectivity index (χ2v) is 10.6. The molecule has 0 aromatic heterocycles. The first-order valence-electron chi connectivity index (χ1n) is 12.3. The van der Waals surface area contributed by atoms with Gasteiger partial charge < -0.3 is 0 Å². The van der Waals surface area contributed by atoms with E-state index in [1.165, 1.54) is 69.1 Å². The first-order chi connectivity index (χ1) is 13.7. The summed E-state index contributed by atoms with van der Waals surface area (Å²) in [6, 6.07) is 0.541. The first-order valence-corrected chi connectivity index (χ1v) is 12.3. The Morgan fingerprint density at radius 1 is 0.793 bits per heavy atom. The smallest absolute Gasteiger partial charge is 0.229 e. The van der Waals surface area contributed by atoms with E-state index < -0.39 is 0 Å². The topological polar surface area (TPSA) is 40.6 Å². The monoisotopic (exact) mass is 406 g/mol. The van der Waals surface area contributed by atoms with Crippen LogP contribution >= 0.6 is 0 Å². The van der Waals surface area contributed by atoms with Gasteiger partial charge in [0.25, 0.3) is 0 Å². The van der Waals surface area contributed by atoms with Crippen molar-refractivity contribution in [3.05, 3.63) is 0 Å². The maximum atomic E-state index is 12.0. The molecule has 2 heterocycles. The van der Waals surface area contributed by atoms with E-state index in [0.29, 0.717) is 25.4 Å². The molecule has 0 N–H and O–H groups in total. The Kier molecular flexibility index (Phi) is 9.18. The van der Waals surface area contributed by atoms with Crippen molar-refractivity contribution >= 4 is 11.8 Å². The molecule has 2 saturated heterocycles. The number of carbonyl (C=O) groups excluding carboxylic acids is 2. The second-order valence-electron chi connectivity index (χ2n) is 10.6. The van der Waals surface area contributed by atoms with Gasteiger partial charge in [-0.05, 0) is 66.2 Å². The van der Waals surface area contributed by atoms with Gasteiger partial charge in [0.2, 0.25) is 11.8 Å². The van der Waals surface area contributed by atoms with E-state index in [9.17, 15) is 9.59 Å². The normalized spacial score (nSPS) is 23.0. The van der Waals surface area contributed by atoms with E-state index >= 15 is 0 Å². The Hall–Kier alpha value is -0.900. The third-order valence-corrected chi connectivity index (χ3v) is 7.21. The van der Waals surface area contributed by atoms with E-state index in [2.05, 4.69) is 39.5 Å². The van der Waals surface area contributed by atoms with Gasteiger partial charge in [-0.15, -0.1) is 0 Å². The van der Waals surface area contributed by atoms with E-state index in [1.54, 1.807) is 0 Å². The van der Waals surface area contributed by atoms with Gasteiger partial charge in [0.1, 0.15) is 0 Å². The molecule has 0 bridgehead atoms. The van der Waals surface area contributed by atoms with Crippen LogP contribution in [0.15, 0.2) is 0 Å². The second kappa shape index (κ2) is 10.9. The van der Waals surface area contributed by atoms with Gasteiger partial charge >= 0.3 is 0 Å². The van der Waals surface area contributed by atoms with Gasteiger partial charge in [-0.2, -0.15) is 0 Å². The first kappa shape index (κ1) is 24.4. The Morgan fingerprint density at radius 2 is 1.31 bits per heavy atom. The SMILES string of the molecule is CCCCCCCCC(CCCN1C(=O)CCC1=O)N1C(C)(C)CCCC1(C)C. The van der Waals surface area contributed by atoms with Crippen LogP contribution in [-0.4, -0.2) is 45.3 Å². The van der Waals surface area contributed by atoms with Crippen molar-refractivity contribution in [1.29, 1.82) is 0 Å². The van der Waals surface area contributed by atoms with Crippen LogP contribution in [0.25, 0.3) is 0 Å². The number of hydrogen-bond donors (Lipinski definition) is 0. The van der Waals surface area contributed by atoms with E-state index in [1.807, 2.05) is 0 Å². The quantitative estimate of drug-likeness (QED) is 0.291. The molecular weight excluding hydrogens is 360 g/mol. The number of nitrogens with zero attached hydrogens (tertiary/aromatic N) is 2. The van der Waals surface area contributed by atoms with Crippen LogP contribution < -0.4 is 0 Å². The maximum Gasteiger partial charge on any atom is 0.229 e. The van der Waals surface area contributed by atoms with Crippen molar-refractivity contribution in [2.75, 3.05) is 6.54 Å². The summed E-state index contributed by atoms with van der Waals surface area (Å²) < 4.78 is 0. The predicted molar refractivity (Wildman–Crippen MR) is 121 cm³/mol. The molecule has 1 atom stereocenters. The van der Waals surface area contributed by atoms with Crippen LogP contribution in [-0.2, 0) is 9.59 Å². The Bertz CT molecular complexity index is 509. The Labute approximate surface area is 179 Å². The third-order valence-electron chi connectivity index (χ3n) is 7.21. The van der Waals surface area contributed by atoms with Crippen LogP contribution in [0.1, 0.15) is 125 Å².